The fourth-order valence-electron chi connectivity index (χ4n) is 2.30. The summed E-state index contributed by atoms with van der Waals surface area (Å²) in [5.41, 5.74) is 1.44. The lowest BCUT2D eigenvalue weighted by Crippen LogP contribution is -2.41. The molecule has 0 fully saturated rings. The highest BCUT2D eigenvalue weighted by Crippen LogP contribution is 2.17. The Morgan fingerprint density at radius 1 is 1.16 bits per heavy atom. The predicted molar refractivity (Wildman–Crippen MR) is 93.4 cm³/mol. The molecule has 1 amide bonds. The lowest BCUT2D eigenvalue weighted by Gasteiger charge is -2.27. The maximum Gasteiger partial charge on any atom is 0.323 e. The summed E-state index contributed by atoms with van der Waals surface area (Å²) < 4.78 is 5.67. The van der Waals surface area contributed by atoms with Crippen molar-refractivity contribution in [2.24, 2.45) is 0 Å². The van der Waals surface area contributed by atoms with Gasteiger partial charge in [-0.2, -0.15) is 0 Å². The highest BCUT2D eigenvalue weighted by atomic mass is 16.5. The van der Waals surface area contributed by atoms with Crippen molar-refractivity contribution < 1.29 is 19.4 Å². The van der Waals surface area contributed by atoms with Gasteiger partial charge in [0.15, 0.2) is 0 Å². The van der Waals surface area contributed by atoms with Gasteiger partial charge in [0.25, 0.3) is 5.91 Å². The molecule has 0 saturated heterocycles. The zero-order chi connectivity index (χ0) is 18.2. The largest absolute Gasteiger partial charge is 0.489 e. The predicted octanol–water partition coefficient (Wildman–Crippen LogP) is 2.99. The molecule has 1 atom stereocenters. The summed E-state index contributed by atoms with van der Waals surface area (Å²) in [4.78, 5) is 28.9. The molecule has 2 rings (SSSR count). The second kappa shape index (κ2) is 8.82. The Morgan fingerprint density at radius 3 is 2.36 bits per heavy atom. The number of carbonyl (C=O) groups excluding carboxylic acids is 1. The molecule has 1 heterocycles. The van der Waals surface area contributed by atoms with Gasteiger partial charge in [0, 0.05) is 24.0 Å². The van der Waals surface area contributed by atoms with Gasteiger partial charge in [0.2, 0.25) is 0 Å². The van der Waals surface area contributed by atoms with Gasteiger partial charge in [-0.25, -0.2) is 0 Å². The van der Waals surface area contributed by atoms with Crippen molar-refractivity contribution in [1.82, 2.24) is 9.88 Å². The molecule has 6 heteroatoms. The quantitative estimate of drug-likeness (QED) is 0.798. The van der Waals surface area contributed by atoms with Crippen molar-refractivity contribution >= 4 is 11.9 Å². The van der Waals surface area contributed by atoms with Crippen LogP contribution in [0.15, 0.2) is 48.8 Å². The van der Waals surface area contributed by atoms with Crippen molar-refractivity contribution in [2.75, 3.05) is 6.54 Å². The zero-order valence-corrected chi connectivity index (χ0v) is 14.4. The SMILES string of the molecule is CCC(C)N(CC(=O)O)C(=O)c1ccc(OCc2ccncc2)cc1. The highest BCUT2D eigenvalue weighted by molar-refractivity contribution is 5.96. The van der Waals surface area contributed by atoms with Crippen LogP contribution in [0.5, 0.6) is 5.75 Å². The van der Waals surface area contributed by atoms with Gasteiger partial charge < -0.3 is 14.7 Å². The lowest BCUT2D eigenvalue weighted by atomic mass is 10.1. The number of hydrogen-bond donors (Lipinski definition) is 1. The van der Waals surface area contributed by atoms with E-state index in [-0.39, 0.29) is 18.5 Å². The molecule has 132 valence electrons. The summed E-state index contributed by atoms with van der Waals surface area (Å²) in [6.45, 7) is 3.86. The van der Waals surface area contributed by atoms with Crippen LogP contribution in [0.2, 0.25) is 0 Å². The number of rotatable bonds is 8. The van der Waals surface area contributed by atoms with Crippen molar-refractivity contribution in [2.45, 2.75) is 32.9 Å². The van der Waals surface area contributed by atoms with Crippen LogP contribution in [0.3, 0.4) is 0 Å². The number of amides is 1. The Labute approximate surface area is 147 Å². The summed E-state index contributed by atoms with van der Waals surface area (Å²) >= 11 is 0. The molecule has 1 unspecified atom stereocenters. The molecule has 0 bridgehead atoms. The molecule has 25 heavy (non-hydrogen) atoms. The van der Waals surface area contributed by atoms with Crippen LogP contribution in [0.25, 0.3) is 0 Å². The summed E-state index contributed by atoms with van der Waals surface area (Å²) in [7, 11) is 0. The number of benzene rings is 1. The van der Waals surface area contributed by atoms with Crippen LogP contribution >= 0.6 is 0 Å². The minimum Gasteiger partial charge on any atom is -0.489 e. The molecule has 2 aromatic rings. The molecule has 0 spiro atoms. The fourth-order valence-corrected chi connectivity index (χ4v) is 2.30. The normalized spacial score (nSPS) is 11.6. The van der Waals surface area contributed by atoms with Crippen LogP contribution < -0.4 is 4.74 Å². The summed E-state index contributed by atoms with van der Waals surface area (Å²) in [6, 6.07) is 10.3. The average molecular weight is 342 g/mol. The van der Waals surface area contributed by atoms with Gasteiger partial charge in [0.05, 0.1) is 0 Å². The number of aromatic nitrogens is 1. The Hall–Kier alpha value is -2.89. The van der Waals surface area contributed by atoms with E-state index < -0.39 is 5.97 Å². The summed E-state index contributed by atoms with van der Waals surface area (Å²) in [5, 5.41) is 9.03. The molecule has 0 aliphatic carbocycles. The van der Waals surface area contributed by atoms with E-state index in [2.05, 4.69) is 4.98 Å². The molecule has 0 aliphatic heterocycles. The number of carbonyl (C=O) groups is 2. The first-order valence-electron chi connectivity index (χ1n) is 8.15. The van der Waals surface area contributed by atoms with E-state index in [9.17, 15) is 9.59 Å². The number of carboxylic acids is 1. The molecule has 0 aliphatic rings. The third-order valence-corrected chi connectivity index (χ3v) is 3.95. The van der Waals surface area contributed by atoms with Crippen LogP contribution in [-0.4, -0.2) is 39.5 Å². The van der Waals surface area contributed by atoms with Gasteiger partial charge in [0.1, 0.15) is 18.9 Å². The van der Waals surface area contributed by atoms with Crippen molar-refractivity contribution in [3.63, 3.8) is 0 Å². The monoisotopic (exact) mass is 342 g/mol. The molecular formula is C19H22N2O4. The van der Waals surface area contributed by atoms with Gasteiger partial charge in [-0.1, -0.05) is 6.92 Å². The third-order valence-electron chi connectivity index (χ3n) is 3.95. The van der Waals surface area contributed by atoms with E-state index in [1.807, 2.05) is 26.0 Å². The fraction of sp³-hybridized carbons (Fsp3) is 0.316. The van der Waals surface area contributed by atoms with Gasteiger partial charge in [-0.3, -0.25) is 14.6 Å². The van der Waals surface area contributed by atoms with Gasteiger partial charge >= 0.3 is 5.97 Å². The van der Waals surface area contributed by atoms with Gasteiger partial charge in [-0.05, 0) is 55.3 Å². The Bertz CT molecular complexity index is 701. The summed E-state index contributed by atoms with van der Waals surface area (Å²) in [6.07, 6.45) is 4.09. The minimum absolute atomic E-state index is 0.147. The topological polar surface area (TPSA) is 79.7 Å². The number of carboxylic acid groups (broad SMARTS) is 1. The first-order chi connectivity index (χ1) is 12.0. The third kappa shape index (κ3) is 5.31. The van der Waals surface area contributed by atoms with Gasteiger partial charge in [-0.15, -0.1) is 0 Å². The molecular weight excluding hydrogens is 320 g/mol. The number of aliphatic carboxylic acids is 1. The molecule has 6 nitrogen and oxygen atoms in total. The van der Waals surface area contributed by atoms with E-state index in [1.54, 1.807) is 36.7 Å². The number of hydrogen-bond acceptors (Lipinski definition) is 4. The summed E-state index contributed by atoms with van der Waals surface area (Å²) in [5.74, 6) is -0.676. The van der Waals surface area contributed by atoms with Crippen LogP contribution in [0, 0.1) is 0 Å². The maximum atomic E-state index is 12.6. The average Bonchev–Trinajstić information content (AvgIpc) is 2.64. The molecule has 1 aromatic carbocycles. The lowest BCUT2D eigenvalue weighted by molar-refractivity contribution is -0.138. The zero-order valence-electron chi connectivity index (χ0n) is 14.4. The van der Waals surface area contributed by atoms with E-state index in [4.69, 9.17) is 9.84 Å². The molecule has 0 saturated carbocycles. The first-order valence-corrected chi connectivity index (χ1v) is 8.15. The van der Waals surface area contributed by atoms with E-state index in [1.165, 1.54) is 4.90 Å². The number of nitrogens with zero attached hydrogens (tertiary/aromatic N) is 2. The number of ether oxygens (including phenoxy) is 1. The molecule has 1 aromatic heterocycles. The second-order valence-electron chi connectivity index (χ2n) is 5.75. The minimum atomic E-state index is -1.02. The first kappa shape index (κ1) is 18.4. The van der Waals surface area contributed by atoms with Crippen LogP contribution in [-0.2, 0) is 11.4 Å². The van der Waals surface area contributed by atoms with Crippen molar-refractivity contribution in [3.05, 3.63) is 59.9 Å². The number of pyridine rings is 1. The van der Waals surface area contributed by atoms with E-state index in [0.717, 1.165) is 5.56 Å². The van der Waals surface area contributed by atoms with E-state index >= 15 is 0 Å². The standard InChI is InChI=1S/C19H22N2O4/c1-3-14(2)21(12-18(22)23)19(24)16-4-6-17(7-5-16)25-13-15-8-10-20-11-9-15/h4-11,14H,3,12-13H2,1-2H3,(H,22,23). The van der Waals surface area contributed by atoms with Crippen LogP contribution in [0.1, 0.15) is 36.2 Å². The molecule has 1 N–H and O–H groups in total. The van der Waals surface area contributed by atoms with Crippen molar-refractivity contribution in [1.29, 1.82) is 0 Å². The Balaban J connectivity index is 2.04. The van der Waals surface area contributed by atoms with Crippen LogP contribution in [0.4, 0.5) is 0 Å². The maximum absolute atomic E-state index is 12.6. The highest BCUT2D eigenvalue weighted by Gasteiger charge is 2.22. The Kier molecular flexibility index (Phi) is 6.51. The second-order valence-corrected chi connectivity index (χ2v) is 5.75. The van der Waals surface area contributed by atoms with E-state index in [0.29, 0.717) is 24.3 Å². The smallest absolute Gasteiger partial charge is 0.323 e. The molecule has 0 radical (unpaired) electrons. The van der Waals surface area contributed by atoms with Crippen molar-refractivity contribution in [3.8, 4) is 5.75 Å². The Morgan fingerprint density at radius 2 is 1.80 bits per heavy atom.